The Labute approximate surface area is 250 Å². The lowest BCUT2D eigenvalue weighted by Gasteiger charge is -2.60. The van der Waals surface area contributed by atoms with Crippen LogP contribution in [0.2, 0.25) is 0 Å². The van der Waals surface area contributed by atoms with Crippen molar-refractivity contribution < 1.29 is 34.2 Å². The van der Waals surface area contributed by atoms with Crippen LogP contribution >= 0.6 is 11.8 Å². The van der Waals surface area contributed by atoms with Crippen LogP contribution in [0.4, 0.5) is 10.1 Å². The lowest BCUT2D eigenvalue weighted by Crippen LogP contribution is -2.76. The van der Waals surface area contributed by atoms with Crippen LogP contribution in [0.15, 0.2) is 47.2 Å². The smallest absolute Gasteiger partial charge is 0.309 e. The zero-order valence-corrected chi connectivity index (χ0v) is 25.2. The number of halogens is 1. The molecule has 0 radical (unpaired) electrons. The molecular formula is C33H42FN2O5S+. The Morgan fingerprint density at radius 1 is 1.19 bits per heavy atom. The zero-order chi connectivity index (χ0) is 29.9. The standard InChI is InChI=1S/C33H41FN2O5S/c1-31-16-20(18-35)26(36-23-8-6-22(34)7-9-23)15-21(31)5-10-24-25-11-12-33(30(40)42-14-13-37,41-29(39)19-3-4-19)32(25,2)17-27(38)28(24)31/h6-9,15,18-19,24-25,27-28,35-38H,3-5,10-14,16-17H2,1-2H3/p+1/t24-,25?,27-,28?,31-,32-,33-/m0/s1. The molecule has 0 aromatic heterocycles. The highest BCUT2D eigenvalue weighted by Crippen LogP contribution is 2.69. The average molecular weight is 598 g/mol. The Kier molecular flexibility index (Phi) is 7.78. The first kappa shape index (κ1) is 29.7. The Bertz CT molecular complexity index is 1340. The molecule has 0 heterocycles. The molecule has 0 aliphatic heterocycles. The zero-order valence-electron chi connectivity index (χ0n) is 24.4. The maximum Gasteiger partial charge on any atom is 0.309 e. The summed E-state index contributed by atoms with van der Waals surface area (Å²) in [5.41, 5.74) is 1.64. The van der Waals surface area contributed by atoms with E-state index in [9.17, 15) is 24.2 Å². The molecule has 0 spiro atoms. The van der Waals surface area contributed by atoms with Gasteiger partial charge in [-0.15, -0.1) is 0 Å². The molecule has 2 unspecified atom stereocenters. The number of benzene rings is 1. The minimum atomic E-state index is -1.30. The van der Waals surface area contributed by atoms with E-state index in [0.29, 0.717) is 19.3 Å². The van der Waals surface area contributed by atoms with Gasteiger partial charge in [-0.2, -0.15) is 0 Å². The highest BCUT2D eigenvalue weighted by molar-refractivity contribution is 8.13. The Hall–Kier alpha value is -2.33. The first-order chi connectivity index (χ1) is 20.1. The molecule has 1 aromatic rings. The molecule has 42 heavy (non-hydrogen) atoms. The maximum absolute atomic E-state index is 13.8. The number of nitrogens with two attached hydrogens (primary N) is 1. The number of rotatable bonds is 8. The molecule has 0 amide bonds. The summed E-state index contributed by atoms with van der Waals surface area (Å²) in [7, 11) is 0. The number of ether oxygens (including phenoxy) is 1. The number of quaternary nitrogens is 1. The van der Waals surface area contributed by atoms with Crippen molar-refractivity contribution in [2.45, 2.75) is 76.9 Å². The van der Waals surface area contributed by atoms with Gasteiger partial charge in [-0.3, -0.25) is 14.9 Å². The molecule has 9 heteroatoms. The summed E-state index contributed by atoms with van der Waals surface area (Å²) in [5, 5.41) is 31.5. The van der Waals surface area contributed by atoms with Crippen LogP contribution in [0.1, 0.15) is 65.2 Å². The van der Waals surface area contributed by atoms with Crippen LogP contribution in [-0.4, -0.2) is 51.6 Å². The number of thioether (sulfide) groups is 1. The molecule has 4 fully saturated rings. The van der Waals surface area contributed by atoms with Gasteiger partial charge in [0.05, 0.1) is 18.6 Å². The SMILES string of the molecule is C[C@]12CC(C=N)=C([NH2+]c3ccc(F)cc3)C=C1CC[C@@H]1C2[C@@H](O)C[C@@]2(C)C1CC[C@]2(OC(=O)C1CC1)C(=O)SCCO. The van der Waals surface area contributed by atoms with Crippen LogP contribution in [0.5, 0.6) is 0 Å². The summed E-state index contributed by atoms with van der Waals surface area (Å²) in [4.78, 5) is 26.9. The van der Waals surface area contributed by atoms with Crippen LogP contribution in [0.3, 0.4) is 0 Å². The van der Waals surface area contributed by atoms with Gasteiger partial charge in [0.25, 0.3) is 0 Å². The van der Waals surface area contributed by atoms with Gasteiger partial charge in [0.15, 0.2) is 5.60 Å². The van der Waals surface area contributed by atoms with Crippen LogP contribution in [0, 0.1) is 45.7 Å². The fourth-order valence-corrected chi connectivity index (χ4v) is 9.98. The quantitative estimate of drug-likeness (QED) is 0.200. The first-order valence-corrected chi connectivity index (χ1v) is 16.3. The number of hydrogen-bond acceptors (Lipinski definition) is 7. The third-order valence-corrected chi connectivity index (χ3v) is 12.2. The highest BCUT2D eigenvalue weighted by Gasteiger charge is 2.71. The topological polar surface area (TPSA) is 124 Å². The molecule has 1 aromatic carbocycles. The second kappa shape index (κ2) is 11.0. The van der Waals surface area contributed by atoms with E-state index in [1.807, 2.05) is 5.32 Å². The minimum absolute atomic E-state index is 0.0481. The number of fused-ring (bicyclic) bond motifs is 5. The number of esters is 1. The second-order valence-corrected chi connectivity index (χ2v) is 14.6. The van der Waals surface area contributed by atoms with Crippen molar-refractivity contribution in [2.24, 2.45) is 34.5 Å². The normalized spacial score (nSPS) is 37.3. The van der Waals surface area contributed by atoms with E-state index >= 15 is 0 Å². The van der Waals surface area contributed by atoms with Crippen molar-refractivity contribution >= 4 is 34.7 Å². The van der Waals surface area contributed by atoms with Crippen LogP contribution in [-0.2, 0) is 14.3 Å². The molecule has 5 aliphatic rings. The lowest BCUT2D eigenvalue weighted by atomic mass is 9.45. The summed E-state index contributed by atoms with van der Waals surface area (Å²) in [6.45, 7) is 4.14. The van der Waals surface area contributed by atoms with Gasteiger partial charge in [0, 0.05) is 35.1 Å². The lowest BCUT2D eigenvalue weighted by molar-refractivity contribution is -0.513. The van der Waals surface area contributed by atoms with E-state index < -0.39 is 17.1 Å². The van der Waals surface area contributed by atoms with Crippen molar-refractivity contribution in [3.63, 3.8) is 0 Å². The summed E-state index contributed by atoms with van der Waals surface area (Å²) < 4.78 is 19.7. The fourth-order valence-electron chi connectivity index (χ4n) is 9.09. The average Bonchev–Trinajstić information content (AvgIpc) is 3.77. The molecule has 5 aliphatic carbocycles. The third-order valence-electron chi connectivity index (χ3n) is 11.3. The molecule has 0 saturated heterocycles. The van der Waals surface area contributed by atoms with E-state index in [1.54, 1.807) is 12.1 Å². The van der Waals surface area contributed by atoms with Gasteiger partial charge in [0.2, 0.25) is 5.12 Å². The predicted octanol–water partition coefficient (Wildman–Crippen LogP) is 4.41. The molecule has 226 valence electrons. The van der Waals surface area contributed by atoms with E-state index in [-0.39, 0.29) is 58.3 Å². The fraction of sp³-hybridized carbons (Fsp3) is 0.606. The highest BCUT2D eigenvalue weighted by atomic mass is 32.2. The maximum atomic E-state index is 13.8. The number of hydrogen-bond donors (Lipinski definition) is 4. The monoisotopic (exact) mass is 597 g/mol. The second-order valence-electron chi connectivity index (χ2n) is 13.5. The molecule has 6 rings (SSSR count). The van der Waals surface area contributed by atoms with Crippen molar-refractivity contribution in [2.75, 3.05) is 12.4 Å². The van der Waals surface area contributed by atoms with Crippen LogP contribution in [0.25, 0.3) is 0 Å². The molecule has 4 saturated carbocycles. The number of aliphatic hydroxyl groups is 2. The summed E-state index contributed by atoms with van der Waals surface area (Å²) >= 11 is 1.04. The van der Waals surface area contributed by atoms with E-state index in [2.05, 4.69) is 19.9 Å². The summed E-state index contributed by atoms with van der Waals surface area (Å²) in [5.74, 6) is -0.275. The van der Waals surface area contributed by atoms with Gasteiger partial charge >= 0.3 is 5.97 Å². The predicted molar refractivity (Wildman–Crippen MR) is 158 cm³/mol. The van der Waals surface area contributed by atoms with Gasteiger partial charge in [-0.25, -0.2) is 4.39 Å². The molecule has 5 N–H and O–H groups in total. The summed E-state index contributed by atoms with van der Waals surface area (Å²) in [6, 6.07) is 6.35. The van der Waals surface area contributed by atoms with E-state index in [4.69, 9.17) is 10.1 Å². The third kappa shape index (κ3) is 4.71. The first-order valence-electron chi connectivity index (χ1n) is 15.3. The number of nitrogens with one attached hydrogen (secondary N) is 1. The van der Waals surface area contributed by atoms with Crippen molar-refractivity contribution in [3.05, 3.63) is 53.0 Å². The number of allylic oxidation sites excluding steroid dienone is 3. The largest absolute Gasteiger partial charge is 0.449 e. The van der Waals surface area contributed by atoms with Gasteiger partial charge < -0.3 is 20.4 Å². The molecule has 7 atom stereocenters. The van der Waals surface area contributed by atoms with Gasteiger partial charge in [0.1, 0.15) is 17.2 Å². The van der Waals surface area contributed by atoms with E-state index in [1.165, 1.54) is 23.9 Å². The van der Waals surface area contributed by atoms with Gasteiger partial charge in [-0.05, 0) is 92.7 Å². The van der Waals surface area contributed by atoms with Crippen molar-refractivity contribution in [1.29, 1.82) is 5.41 Å². The summed E-state index contributed by atoms with van der Waals surface area (Å²) in [6.07, 6.45) is 8.38. The number of carbonyl (C=O) groups is 2. The molecular weight excluding hydrogens is 555 g/mol. The Morgan fingerprint density at radius 2 is 1.93 bits per heavy atom. The number of carbonyl (C=O) groups excluding carboxylic acids is 2. The molecule has 7 nitrogen and oxygen atoms in total. The van der Waals surface area contributed by atoms with Crippen molar-refractivity contribution in [1.82, 2.24) is 0 Å². The minimum Gasteiger partial charge on any atom is -0.449 e. The van der Waals surface area contributed by atoms with Crippen LogP contribution < -0.4 is 5.32 Å². The number of aliphatic hydroxyl groups excluding tert-OH is 2. The van der Waals surface area contributed by atoms with Gasteiger partial charge in [-0.1, -0.05) is 31.2 Å². The Morgan fingerprint density at radius 3 is 2.60 bits per heavy atom. The van der Waals surface area contributed by atoms with E-state index in [0.717, 1.165) is 60.8 Å². The Balaban J connectivity index is 1.31. The van der Waals surface area contributed by atoms with Crippen molar-refractivity contribution in [3.8, 4) is 0 Å². The molecule has 0 bridgehead atoms.